The monoisotopic (exact) mass is 326 g/mol. The topological polar surface area (TPSA) is 50.2 Å². The molecule has 1 N–H and O–H groups in total. The van der Waals surface area contributed by atoms with Gasteiger partial charge in [0.1, 0.15) is 0 Å². The molecule has 1 aliphatic heterocycles. The molecule has 0 radical (unpaired) electrons. The van der Waals surface area contributed by atoms with Crippen LogP contribution in [0.15, 0.2) is 36.5 Å². The zero-order chi connectivity index (χ0) is 16.9. The summed E-state index contributed by atoms with van der Waals surface area (Å²) in [4.78, 5) is 14.9. The van der Waals surface area contributed by atoms with E-state index in [-0.39, 0.29) is 5.91 Å². The molecule has 1 amide bonds. The van der Waals surface area contributed by atoms with E-state index in [2.05, 4.69) is 29.5 Å². The molecular weight excluding hydrogens is 300 g/mol. The van der Waals surface area contributed by atoms with Crippen LogP contribution in [0.4, 0.5) is 0 Å². The number of rotatable bonds is 5. The predicted molar refractivity (Wildman–Crippen MR) is 95.1 cm³/mol. The number of piperidine rings is 1. The Kier molecular flexibility index (Phi) is 5.30. The Labute approximate surface area is 143 Å². The second-order valence-electron chi connectivity index (χ2n) is 6.38. The van der Waals surface area contributed by atoms with Crippen molar-refractivity contribution in [3.8, 4) is 0 Å². The van der Waals surface area contributed by atoms with Crippen molar-refractivity contribution >= 4 is 5.91 Å². The molecule has 2 heterocycles. The lowest BCUT2D eigenvalue weighted by Gasteiger charge is -2.32. The summed E-state index contributed by atoms with van der Waals surface area (Å²) in [5.41, 5.74) is 2.98. The highest BCUT2D eigenvalue weighted by Gasteiger charge is 2.26. The molecule has 1 atom stereocenters. The van der Waals surface area contributed by atoms with E-state index in [4.69, 9.17) is 0 Å². The van der Waals surface area contributed by atoms with E-state index in [0.717, 1.165) is 43.6 Å². The quantitative estimate of drug-likeness (QED) is 0.917. The fourth-order valence-electron chi connectivity index (χ4n) is 3.42. The van der Waals surface area contributed by atoms with Gasteiger partial charge in [-0.3, -0.25) is 9.48 Å². The van der Waals surface area contributed by atoms with Crippen LogP contribution in [0.5, 0.6) is 0 Å². The van der Waals surface area contributed by atoms with Crippen LogP contribution in [0.3, 0.4) is 0 Å². The van der Waals surface area contributed by atoms with Gasteiger partial charge in [-0.05, 0) is 31.9 Å². The number of nitrogens with one attached hydrogen (secondary N) is 1. The van der Waals surface area contributed by atoms with E-state index in [9.17, 15) is 4.79 Å². The Bertz CT molecular complexity index is 680. The molecule has 3 rings (SSSR count). The van der Waals surface area contributed by atoms with Crippen LogP contribution in [0.25, 0.3) is 0 Å². The second kappa shape index (κ2) is 7.62. The minimum Gasteiger partial charge on any atom is -0.337 e. The Hall–Kier alpha value is -2.14. The van der Waals surface area contributed by atoms with Gasteiger partial charge in [0.2, 0.25) is 0 Å². The first-order valence-electron chi connectivity index (χ1n) is 8.78. The van der Waals surface area contributed by atoms with Gasteiger partial charge >= 0.3 is 0 Å². The zero-order valence-corrected chi connectivity index (χ0v) is 14.5. The SMILES string of the molecule is CCc1c(C(=O)N2CCC[C@@H](NC)C2)cnn1Cc1ccccc1. The molecule has 1 aromatic heterocycles. The molecule has 5 heteroatoms. The molecule has 1 aromatic carbocycles. The van der Waals surface area contributed by atoms with Crippen LogP contribution in [0.2, 0.25) is 0 Å². The number of likely N-dealkylation sites (N-methyl/N-ethyl adjacent to an activating group) is 1. The highest BCUT2D eigenvalue weighted by molar-refractivity contribution is 5.95. The summed E-state index contributed by atoms with van der Waals surface area (Å²) in [7, 11) is 1.97. The Balaban J connectivity index is 1.79. The molecule has 128 valence electrons. The molecular formula is C19H26N4O. The van der Waals surface area contributed by atoms with Crippen molar-refractivity contribution < 1.29 is 4.79 Å². The minimum atomic E-state index is 0.117. The maximum atomic E-state index is 13.0. The first kappa shape index (κ1) is 16.7. The summed E-state index contributed by atoms with van der Waals surface area (Å²) in [6.07, 6.45) is 4.73. The van der Waals surface area contributed by atoms with Gasteiger partial charge in [0, 0.05) is 19.1 Å². The van der Waals surface area contributed by atoms with Gasteiger partial charge in [-0.1, -0.05) is 37.3 Å². The fourth-order valence-corrected chi connectivity index (χ4v) is 3.42. The average Bonchev–Trinajstić information content (AvgIpc) is 3.04. The van der Waals surface area contributed by atoms with Crippen molar-refractivity contribution in [2.45, 2.75) is 38.8 Å². The standard InChI is InChI=1S/C19H26N4O/c1-3-18-17(19(24)22-11-7-10-16(14-22)20-2)12-21-23(18)13-15-8-5-4-6-9-15/h4-6,8-9,12,16,20H,3,7,10-11,13-14H2,1-2H3/t16-/m1/s1. The van der Waals surface area contributed by atoms with Crippen LogP contribution >= 0.6 is 0 Å². The summed E-state index contributed by atoms with van der Waals surface area (Å²) in [6, 6.07) is 10.6. The van der Waals surface area contributed by atoms with Crippen molar-refractivity contribution in [3.05, 3.63) is 53.3 Å². The summed E-state index contributed by atoms with van der Waals surface area (Å²) in [6.45, 7) is 4.41. The maximum Gasteiger partial charge on any atom is 0.257 e. The normalized spacial score (nSPS) is 17.9. The number of likely N-dealkylation sites (tertiary alicyclic amines) is 1. The third-order valence-corrected chi connectivity index (χ3v) is 4.81. The minimum absolute atomic E-state index is 0.117. The van der Waals surface area contributed by atoms with Crippen molar-refractivity contribution in [2.24, 2.45) is 0 Å². The van der Waals surface area contributed by atoms with Gasteiger partial charge in [0.05, 0.1) is 24.0 Å². The highest BCUT2D eigenvalue weighted by atomic mass is 16.2. The van der Waals surface area contributed by atoms with Gasteiger partial charge < -0.3 is 10.2 Å². The summed E-state index contributed by atoms with van der Waals surface area (Å²) in [5, 5.41) is 7.78. The molecule has 0 aliphatic carbocycles. The van der Waals surface area contributed by atoms with E-state index in [1.807, 2.05) is 34.8 Å². The molecule has 1 saturated heterocycles. The highest BCUT2D eigenvalue weighted by Crippen LogP contribution is 2.18. The molecule has 0 spiro atoms. The number of hydrogen-bond donors (Lipinski definition) is 1. The van der Waals surface area contributed by atoms with E-state index >= 15 is 0 Å². The zero-order valence-electron chi connectivity index (χ0n) is 14.5. The number of hydrogen-bond acceptors (Lipinski definition) is 3. The van der Waals surface area contributed by atoms with Gasteiger partial charge in [-0.25, -0.2) is 0 Å². The van der Waals surface area contributed by atoms with Crippen LogP contribution in [0.1, 0.15) is 41.4 Å². The summed E-state index contributed by atoms with van der Waals surface area (Å²) < 4.78 is 1.96. The van der Waals surface area contributed by atoms with E-state index in [1.165, 1.54) is 5.56 Å². The van der Waals surface area contributed by atoms with Gasteiger partial charge in [0.25, 0.3) is 5.91 Å². The van der Waals surface area contributed by atoms with Crippen LogP contribution in [-0.2, 0) is 13.0 Å². The Morgan fingerprint density at radius 3 is 2.83 bits per heavy atom. The second-order valence-corrected chi connectivity index (χ2v) is 6.38. The Morgan fingerprint density at radius 1 is 1.33 bits per heavy atom. The Morgan fingerprint density at radius 2 is 2.12 bits per heavy atom. The molecule has 5 nitrogen and oxygen atoms in total. The van der Waals surface area contributed by atoms with Crippen molar-refractivity contribution in [1.29, 1.82) is 0 Å². The number of benzene rings is 1. The predicted octanol–water partition coefficient (Wildman–Crippen LogP) is 2.32. The largest absolute Gasteiger partial charge is 0.337 e. The lowest BCUT2D eigenvalue weighted by atomic mass is 10.0. The summed E-state index contributed by atoms with van der Waals surface area (Å²) in [5.74, 6) is 0.117. The van der Waals surface area contributed by atoms with Gasteiger partial charge in [-0.15, -0.1) is 0 Å². The lowest BCUT2D eigenvalue weighted by Crippen LogP contribution is -2.47. The van der Waals surface area contributed by atoms with Gasteiger partial charge in [0.15, 0.2) is 0 Å². The van der Waals surface area contributed by atoms with E-state index in [0.29, 0.717) is 12.6 Å². The van der Waals surface area contributed by atoms with Crippen molar-refractivity contribution in [3.63, 3.8) is 0 Å². The van der Waals surface area contributed by atoms with E-state index in [1.54, 1.807) is 6.20 Å². The van der Waals surface area contributed by atoms with Crippen molar-refractivity contribution in [2.75, 3.05) is 20.1 Å². The average molecular weight is 326 g/mol. The molecule has 0 unspecified atom stereocenters. The number of nitrogens with zero attached hydrogens (tertiary/aromatic N) is 3. The van der Waals surface area contributed by atoms with Crippen LogP contribution in [-0.4, -0.2) is 46.8 Å². The lowest BCUT2D eigenvalue weighted by molar-refractivity contribution is 0.0697. The third-order valence-electron chi connectivity index (χ3n) is 4.81. The molecule has 2 aromatic rings. The molecule has 1 fully saturated rings. The molecule has 24 heavy (non-hydrogen) atoms. The van der Waals surface area contributed by atoms with Crippen LogP contribution < -0.4 is 5.32 Å². The van der Waals surface area contributed by atoms with E-state index < -0.39 is 0 Å². The smallest absolute Gasteiger partial charge is 0.257 e. The first-order valence-corrected chi connectivity index (χ1v) is 8.78. The molecule has 0 saturated carbocycles. The number of aromatic nitrogens is 2. The number of carbonyl (C=O) groups excluding carboxylic acids is 1. The van der Waals surface area contributed by atoms with Crippen LogP contribution in [0, 0.1) is 0 Å². The number of carbonyl (C=O) groups is 1. The first-order chi connectivity index (χ1) is 11.7. The van der Waals surface area contributed by atoms with Crippen molar-refractivity contribution in [1.82, 2.24) is 20.0 Å². The third kappa shape index (κ3) is 3.51. The maximum absolute atomic E-state index is 13.0. The summed E-state index contributed by atoms with van der Waals surface area (Å²) >= 11 is 0. The number of amides is 1. The van der Waals surface area contributed by atoms with Gasteiger partial charge in [-0.2, -0.15) is 5.10 Å². The fraction of sp³-hybridized carbons (Fsp3) is 0.474. The molecule has 0 bridgehead atoms. The molecule has 1 aliphatic rings.